The minimum absolute atomic E-state index is 0.0359. The summed E-state index contributed by atoms with van der Waals surface area (Å²) >= 11 is 0. The highest BCUT2D eigenvalue weighted by Gasteiger charge is 2.07. The van der Waals surface area contributed by atoms with Crippen molar-refractivity contribution in [2.75, 3.05) is 0 Å². The first-order valence-corrected chi connectivity index (χ1v) is 6.14. The summed E-state index contributed by atoms with van der Waals surface area (Å²) in [6, 6.07) is 7.26. The fourth-order valence-electron chi connectivity index (χ4n) is 1.93. The smallest absolute Gasteiger partial charge is 0.248 e. The van der Waals surface area contributed by atoms with E-state index in [1.54, 1.807) is 12.1 Å². The molecular formula is C14H21NO2. The first kappa shape index (κ1) is 13.7. The summed E-state index contributed by atoms with van der Waals surface area (Å²) in [5, 5.41) is 8.91. The highest BCUT2D eigenvalue weighted by molar-refractivity contribution is 5.94. The molecule has 1 saturated carbocycles. The lowest BCUT2D eigenvalue weighted by Gasteiger charge is -2.14. The fraction of sp³-hybridized carbons (Fsp3) is 0.500. The second-order valence-electron chi connectivity index (χ2n) is 4.47. The Balaban J connectivity index is 0.000000181. The predicted octanol–water partition coefficient (Wildman–Crippen LogP) is 2.41. The number of rotatable bonds is 1. The zero-order valence-corrected chi connectivity index (χ0v) is 10.4. The minimum Gasteiger partial charge on any atom is -0.393 e. The largest absolute Gasteiger partial charge is 0.393 e. The van der Waals surface area contributed by atoms with Gasteiger partial charge in [-0.05, 0) is 31.4 Å². The molecular weight excluding hydrogens is 214 g/mol. The molecule has 1 aromatic carbocycles. The van der Waals surface area contributed by atoms with Gasteiger partial charge in [0, 0.05) is 5.56 Å². The van der Waals surface area contributed by atoms with Crippen molar-refractivity contribution in [3.8, 4) is 0 Å². The van der Waals surface area contributed by atoms with Crippen LogP contribution < -0.4 is 5.73 Å². The fourth-order valence-corrected chi connectivity index (χ4v) is 1.93. The van der Waals surface area contributed by atoms with Crippen molar-refractivity contribution in [1.82, 2.24) is 0 Å². The second kappa shape index (κ2) is 7.07. The number of nitrogens with two attached hydrogens (primary N) is 1. The lowest BCUT2D eigenvalue weighted by atomic mass is 9.98. The van der Waals surface area contributed by atoms with E-state index >= 15 is 0 Å². The number of carbonyl (C=O) groups is 1. The van der Waals surface area contributed by atoms with Crippen molar-refractivity contribution in [2.24, 2.45) is 5.73 Å². The van der Waals surface area contributed by atoms with E-state index in [-0.39, 0.29) is 12.0 Å². The van der Waals surface area contributed by atoms with Gasteiger partial charge in [-0.2, -0.15) is 0 Å². The lowest BCUT2D eigenvalue weighted by Crippen LogP contribution is -2.12. The minimum atomic E-state index is -0.363. The molecule has 0 atom stereocenters. The maximum atomic E-state index is 10.6. The third kappa shape index (κ3) is 5.00. The maximum absolute atomic E-state index is 10.6. The van der Waals surface area contributed by atoms with E-state index < -0.39 is 0 Å². The maximum Gasteiger partial charge on any atom is 0.248 e. The van der Waals surface area contributed by atoms with Crippen LogP contribution in [-0.2, 0) is 0 Å². The molecule has 3 N–H and O–H groups in total. The van der Waals surface area contributed by atoms with Crippen molar-refractivity contribution in [3.05, 3.63) is 35.4 Å². The summed E-state index contributed by atoms with van der Waals surface area (Å²) in [6.45, 7) is 1.86. The van der Waals surface area contributed by atoms with Crippen molar-refractivity contribution < 1.29 is 9.90 Å². The van der Waals surface area contributed by atoms with E-state index in [2.05, 4.69) is 0 Å². The Labute approximate surface area is 103 Å². The summed E-state index contributed by atoms with van der Waals surface area (Å²) in [4.78, 5) is 10.6. The summed E-state index contributed by atoms with van der Waals surface area (Å²) in [6.07, 6.45) is 5.92. The summed E-state index contributed by atoms with van der Waals surface area (Å²) in [5.41, 5.74) is 6.60. The van der Waals surface area contributed by atoms with Gasteiger partial charge in [-0.15, -0.1) is 0 Å². The molecule has 3 nitrogen and oxygen atoms in total. The molecule has 2 rings (SSSR count). The Morgan fingerprint density at radius 3 is 2.18 bits per heavy atom. The molecule has 0 spiro atoms. The van der Waals surface area contributed by atoms with Gasteiger partial charge in [-0.1, -0.05) is 37.5 Å². The summed E-state index contributed by atoms with van der Waals surface area (Å²) < 4.78 is 0. The van der Waals surface area contributed by atoms with Crippen LogP contribution in [-0.4, -0.2) is 17.1 Å². The number of hydrogen-bond donors (Lipinski definition) is 2. The lowest BCUT2D eigenvalue weighted by molar-refractivity contribution is 0.0999. The van der Waals surface area contributed by atoms with Crippen LogP contribution in [0.4, 0.5) is 0 Å². The zero-order chi connectivity index (χ0) is 12.7. The molecule has 1 aromatic rings. The molecule has 0 unspecified atom stereocenters. The molecule has 0 heterocycles. The summed E-state index contributed by atoms with van der Waals surface area (Å²) in [5.74, 6) is -0.363. The predicted molar refractivity (Wildman–Crippen MR) is 68.8 cm³/mol. The number of aliphatic hydroxyl groups excluding tert-OH is 1. The van der Waals surface area contributed by atoms with Gasteiger partial charge < -0.3 is 10.8 Å². The van der Waals surface area contributed by atoms with E-state index in [1.165, 1.54) is 19.3 Å². The van der Waals surface area contributed by atoms with E-state index in [0.29, 0.717) is 5.56 Å². The number of primary amides is 1. The Morgan fingerprint density at radius 1 is 1.24 bits per heavy atom. The molecule has 1 aliphatic rings. The first-order chi connectivity index (χ1) is 8.11. The van der Waals surface area contributed by atoms with Crippen LogP contribution in [0.3, 0.4) is 0 Å². The molecule has 3 heteroatoms. The molecule has 0 aliphatic heterocycles. The summed E-state index contributed by atoms with van der Waals surface area (Å²) in [7, 11) is 0. The highest BCUT2D eigenvalue weighted by atomic mass is 16.3. The van der Waals surface area contributed by atoms with E-state index in [9.17, 15) is 4.79 Å². The molecule has 0 aromatic heterocycles. The van der Waals surface area contributed by atoms with Crippen LogP contribution in [0.25, 0.3) is 0 Å². The van der Waals surface area contributed by atoms with Gasteiger partial charge in [0.1, 0.15) is 0 Å². The van der Waals surface area contributed by atoms with E-state index in [1.807, 2.05) is 19.1 Å². The van der Waals surface area contributed by atoms with Gasteiger partial charge in [0.05, 0.1) is 6.10 Å². The third-order valence-electron chi connectivity index (χ3n) is 2.99. The molecule has 1 amide bonds. The van der Waals surface area contributed by atoms with Gasteiger partial charge in [0.25, 0.3) is 0 Å². The quantitative estimate of drug-likeness (QED) is 0.785. The third-order valence-corrected chi connectivity index (χ3v) is 2.99. The Kier molecular flexibility index (Phi) is 5.70. The SMILES string of the molecule is Cc1ccccc1C(N)=O.OC1CCCCC1. The van der Waals surface area contributed by atoms with Crippen LogP contribution in [0.5, 0.6) is 0 Å². The molecule has 0 bridgehead atoms. The molecule has 1 aliphatic carbocycles. The number of aliphatic hydroxyl groups is 1. The monoisotopic (exact) mass is 235 g/mol. The van der Waals surface area contributed by atoms with Gasteiger partial charge in [-0.25, -0.2) is 0 Å². The van der Waals surface area contributed by atoms with Gasteiger partial charge in [0.15, 0.2) is 0 Å². The molecule has 0 saturated heterocycles. The van der Waals surface area contributed by atoms with Gasteiger partial charge >= 0.3 is 0 Å². The van der Waals surface area contributed by atoms with Gasteiger partial charge in [-0.3, -0.25) is 4.79 Å². The number of amides is 1. The number of hydrogen-bond acceptors (Lipinski definition) is 2. The van der Waals surface area contributed by atoms with Crippen LogP contribution in [0.2, 0.25) is 0 Å². The standard InChI is InChI=1S/C8H9NO.C6H12O/c1-6-4-2-3-5-7(6)8(9)10;7-6-4-2-1-3-5-6/h2-5H,1H3,(H2,9,10);6-7H,1-5H2. The second-order valence-corrected chi connectivity index (χ2v) is 4.47. The highest BCUT2D eigenvalue weighted by Crippen LogP contribution is 2.16. The number of benzene rings is 1. The topological polar surface area (TPSA) is 63.3 Å². The number of carbonyl (C=O) groups excluding carboxylic acids is 1. The number of aryl methyl sites for hydroxylation is 1. The van der Waals surface area contributed by atoms with Crippen LogP contribution in [0, 0.1) is 6.92 Å². The molecule has 0 radical (unpaired) electrons. The average Bonchev–Trinajstić information content (AvgIpc) is 2.31. The Morgan fingerprint density at radius 2 is 1.82 bits per heavy atom. The van der Waals surface area contributed by atoms with Crippen molar-refractivity contribution >= 4 is 5.91 Å². The Bertz CT molecular complexity index is 357. The normalized spacial score (nSPS) is 15.9. The Hall–Kier alpha value is -1.35. The van der Waals surface area contributed by atoms with Crippen molar-refractivity contribution in [2.45, 2.75) is 45.1 Å². The molecule has 94 valence electrons. The molecule has 17 heavy (non-hydrogen) atoms. The van der Waals surface area contributed by atoms with E-state index in [0.717, 1.165) is 18.4 Å². The van der Waals surface area contributed by atoms with Crippen molar-refractivity contribution in [3.63, 3.8) is 0 Å². The van der Waals surface area contributed by atoms with Crippen LogP contribution in [0.1, 0.15) is 48.0 Å². The van der Waals surface area contributed by atoms with Crippen LogP contribution >= 0.6 is 0 Å². The van der Waals surface area contributed by atoms with Gasteiger partial charge in [0.2, 0.25) is 5.91 Å². The molecule has 1 fully saturated rings. The van der Waals surface area contributed by atoms with E-state index in [4.69, 9.17) is 10.8 Å². The average molecular weight is 235 g/mol. The zero-order valence-electron chi connectivity index (χ0n) is 10.4. The first-order valence-electron chi connectivity index (χ1n) is 6.14. The van der Waals surface area contributed by atoms with Crippen LogP contribution in [0.15, 0.2) is 24.3 Å². The van der Waals surface area contributed by atoms with Crippen molar-refractivity contribution in [1.29, 1.82) is 0 Å².